The second-order valence-corrected chi connectivity index (χ2v) is 12.4. The van der Waals surface area contributed by atoms with E-state index < -0.39 is 9.84 Å². The predicted molar refractivity (Wildman–Crippen MR) is 145 cm³/mol. The Morgan fingerprint density at radius 2 is 1.76 bits per heavy atom. The summed E-state index contributed by atoms with van der Waals surface area (Å²) in [6.45, 7) is 5.02. The van der Waals surface area contributed by atoms with Crippen molar-refractivity contribution in [2.75, 3.05) is 62.8 Å². The van der Waals surface area contributed by atoms with E-state index in [9.17, 15) is 18.0 Å². The highest BCUT2D eigenvalue weighted by Gasteiger charge is 2.27. The summed E-state index contributed by atoms with van der Waals surface area (Å²) in [4.78, 5) is 36.8. The van der Waals surface area contributed by atoms with E-state index in [-0.39, 0.29) is 16.7 Å². The zero-order valence-electron chi connectivity index (χ0n) is 21.3. The zero-order valence-corrected chi connectivity index (χ0v) is 22.9. The molecule has 3 heterocycles. The third-order valence-corrected chi connectivity index (χ3v) is 8.41. The van der Waals surface area contributed by atoms with Crippen molar-refractivity contribution in [3.05, 3.63) is 47.1 Å². The second kappa shape index (κ2) is 11.8. The molecule has 0 unspecified atom stereocenters. The fourth-order valence-corrected chi connectivity index (χ4v) is 5.63. The average Bonchev–Trinajstić information content (AvgIpc) is 3.09. The summed E-state index contributed by atoms with van der Waals surface area (Å²) in [5.74, 6) is 0.816. The first-order chi connectivity index (χ1) is 17.6. The highest BCUT2D eigenvalue weighted by Crippen LogP contribution is 2.31. The van der Waals surface area contributed by atoms with Crippen molar-refractivity contribution in [2.45, 2.75) is 30.6 Å². The predicted octanol–water partition coefficient (Wildman–Crippen LogP) is 3.16. The molecule has 2 fully saturated rings. The van der Waals surface area contributed by atoms with Gasteiger partial charge in [0.2, 0.25) is 5.91 Å². The van der Waals surface area contributed by atoms with Crippen molar-refractivity contribution in [2.24, 2.45) is 5.92 Å². The number of hydrogen-bond acceptors (Lipinski definition) is 7. The van der Waals surface area contributed by atoms with Crippen LogP contribution in [0.5, 0.6) is 0 Å². The lowest BCUT2D eigenvalue weighted by molar-refractivity contribution is -0.132. The van der Waals surface area contributed by atoms with Gasteiger partial charge in [-0.05, 0) is 69.1 Å². The van der Waals surface area contributed by atoms with E-state index in [0.29, 0.717) is 34.4 Å². The minimum Gasteiger partial charge on any atom is -0.355 e. The molecule has 37 heavy (non-hydrogen) atoms. The molecule has 2 aliphatic rings. The number of carbonyl (C=O) groups is 2. The lowest BCUT2D eigenvalue weighted by Gasteiger charge is -2.34. The van der Waals surface area contributed by atoms with Gasteiger partial charge in [0, 0.05) is 57.2 Å². The van der Waals surface area contributed by atoms with Gasteiger partial charge in [-0.15, -0.1) is 0 Å². The summed E-state index contributed by atoms with van der Waals surface area (Å²) < 4.78 is 23.4. The maximum atomic E-state index is 12.9. The molecule has 11 heteroatoms. The topological polar surface area (TPSA) is 103 Å². The fourth-order valence-electron chi connectivity index (χ4n) is 4.84. The number of carbonyl (C=O) groups excluding carboxylic acids is 2. The van der Waals surface area contributed by atoms with Crippen molar-refractivity contribution in [3.8, 4) is 0 Å². The number of rotatable bonds is 6. The number of nitrogens with one attached hydrogen (secondary N) is 1. The lowest BCUT2D eigenvalue weighted by Crippen LogP contribution is -2.39. The molecule has 0 aliphatic carbocycles. The highest BCUT2D eigenvalue weighted by atomic mass is 35.5. The van der Waals surface area contributed by atoms with Gasteiger partial charge in [0.15, 0.2) is 15.7 Å². The SMILES string of the molecule is CN1CCCN(C(=O)CC2CCN(c3ncc(Cl)cc3NC(=O)c3ccc(S(C)(=O)=O)cc3)CC2)CC1. The molecular formula is C26H34ClN5O4S. The molecule has 0 atom stereocenters. The van der Waals surface area contributed by atoms with Gasteiger partial charge < -0.3 is 20.0 Å². The van der Waals surface area contributed by atoms with Crippen molar-refractivity contribution in [1.29, 1.82) is 0 Å². The fraction of sp³-hybridized carbons (Fsp3) is 0.500. The van der Waals surface area contributed by atoms with Crippen LogP contribution in [-0.2, 0) is 14.6 Å². The van der Waals surface area contributed by atoms with Gasteiger partial charge in [0.25, 0.3) is 5.91 Å². The number of likely N-dealkylation sites (N-methyl/N-ethyl adjacent to an activating group) is 1. The van der Waals surface area contributed by atoms with Crippen molar-refractivity contribution in [3.63, 3.8) is 0 Å². The molecule has 0 radical (unpaired) electrons. The molecule has 1 aromatic heterocycles. The Labute approximate surface area is 223 Å². The van der Waals surface area contributed by atoms with Crippen LogP contribution >= 0.6 is 11.6 Å². The standard InChI is InChI=1S/C26H34ClN5O4S/c1-30-10-3-11-31(15-14-30)24(33)16-19-8-12-32(13-9-19)25-23(17-21(27)18-28-25)29-26(34)20-4-6-22(7-5-20)37(2,35)36/h4-7,17-19H,3,8-16H2,1-2H3,(H,29,34). The number of halogens is 1. The molecule has 1 N–H and O–H groups in total. The summed E-state index contributed by atoms with van der Waals surface area (Å²) >= 11 is 6.19. The van der Waals surface area contributed by atoms with Crippen molar-refractivity contribution < 1.29 is 18.0 Å². The van der Waals surface area contributed by atoms with E-state index in [0.717, 1.165) is 64.8 Å². The van der Waals surface area contributed by atoms with Crippen LogP contribution in [0.2, 0.25) is 5.02 Å². The summed E-state index contributed by atoms with van der Waals surface area (Å²) in [6, 6.07) is 7.45. The van der Waals surface area contributed by atoms with Crippen LogP contribution in [0.15, 0.2) is 41.4 Å². The van der Waals surface area contributed by atoms with Gasteiger partial charge in [-0.25, -0.2) is 13.4 Å². The summed E-state index contributed by atoms with van der Waals surface area (Å²) in [7, 11) is -1.25. The van der Waals surface area contributed by atoms with E-state index in [1.54, 1.807) is 12.3 Å². The van der Waals surface area contributed by atoms with Gasteiger partial charge in [0.1, 0.15) is 0 Å². The molecule has 2 amide bonds. The normalized spacial score (nSPS) is 17.9. The molecule has 0 bridgehead atoms. The Bertz CT molecular complexity index is 1230. The van der Waals surface area contributed by atoms with E-state index >= 15 is 0 Å². The first kappa shape index (κ1) is 27.3. The average molecular weight is 548 g/mol. The van der Waals surface area contributed by atoms with Crippen LogP contribution in [0.25, 0.3) is 0 Å². The van der Waals surface area contributed by atoms with Gasteiger partial charge in [-0.1, -0.05) is 11.6 Å². The van der Waals surface area contributed by atoms with Crippen molar-refractivity contribution >= 4 is 44.8 Å². The van der Waals surface area contributed by atoms with Gasteiger partial charge >= 0.3 is 0 Å². The number of aromatic nitrogens is 1. The van der Waals surface area contributed by atoms with E-state index in [4.69, 9.17) is 11.6 Å². The van der Waals surface area contributed by atoms with E-state index in [1.165, 1.54) is 24.3 Å². The van der Waals surface area contributed by atoms with Gasteiger partial charge in [-0.3, -0.25) is 9.59 Å². The van der Waals surface area contributed by atoms with Gasteiger partial charge in [-0.2, -0.15) is 0 Å². The number of benzene rings is 1. The Kier molecular flexibility index (Phi) is 8.71. The number of piperidine rings is 1. The minimum atomic E-state index is -3.35. The molecule has 2 saturated heterocycles. The lowest BCUT2D eigenvalue weighted by atomic mass is 9.93. The van der Waals surface area contributed by atoms with Gasteiger partial charge in [0.05, 0.1) is 15.6 Å². The Morgan fingerprint density at radius 1 is 1.05 bits per heavy atom. The first-order valence-corrected chi connectivity index (χ1v) is 14.9. The monoisotopic (exact) mass is 547 g/mol. The third kappa shape index (κ3) is 7.21. The van der Waals surface area contributed by atoms with Crippen LogP contribution in [0.3, 0.4) is 0 Å². The van der Waals surface area contributed by atoms with Crippen LogP contribution in [0.4, 0.5) is 11.5 Å². The van der Waals surface area contributed by atoms with Crippen LogP contribution in [0, 0.1) is 5.92 Å². The molecule has 9 nitrogen and oxygen atoms in total. The highest BCUT2D eigenvalue weighted by molar-refractivity contribution is 7.90. The third-order valence-electron chi connectivity index (χ3n) is 7.08. The number of anilines is 2. The molecule has 4 rings (SSSR count). The first-order valence-electron chi connectivity index (χ1n) is 12.6. The minimum absolute atomic E-state index is 0.152. The Hall–Kier alpha value is -2.69. The molecular weight excluding hydrogens is 514 g/mol. The summed E-state index contributed by atoms with van der Waals surface area (Å²) in [5.41, 5.74) is 0.822. The van der Waals surface area contributed by atoms with E-state index in [1.807, 2.05) is 4.90 Å². The Morgan fingerprint density at radius 3 is 2.43 bits per heavy atom. The maximum Gasteiger partial charge on any atom is 0.255 e. The summed E-state index contributed by atoms with van der Waals surface area (Å²) in [6.07, 6.45) is 5.99. The number of nitrogens with zero attached hydrogens (tertiary/aromatic N) is 4. The molecule has 0 spiro atoms. The van der Waals surface area contributed by atoms with Crippen LogP contribution < -0.4 is 10.2 Å². The zero-order chi connectivity index (χ0) is 26.6. The number of amides is 2. The second-order valence-electron chi connectivity index (χ2n) is 9.95. The number of hydrogen-bond donors (Lipinski definition) is 1. The van der Waals surface area contributed by atoms with E-state index in [2.05, 4.69) is 27.1 Å². The maximum absolute atomic E-state index is 12.9. The molecule has 200 valence electrons. The number of pyridine rings is 1. The molecule has 0 saturated carbocycles. The quantitative estimate of drug-likeness (QED) is 0.592. The largest absolute Gasteiger partial charge is 0.355 e. The molecule has 2 aromatic rings. The number of sulfone groups is 1. The Balaban J connectivity index is 1.37. The van der Waals surface area contributed by atoms with Crippen LogP contribution in [-0.4, -0.2) is 87.6 Å². The smallest absolute Gasteiger partial charge is 0.255 e. The van der Waals surface area contributed by atoms with Crippen LogP contribution in [0.1, 0.15) is 36.0 Å². The molecule has 2 aliphatic heterocycles. The summed E-state index contributed by atoms with van der Waals surface area (Å²) in [5, 5.41) is 3.28. The molecule has 1 aromatic carbocycles. The van der Waals surface area contributed by atoms with Crippen molar-refractivity contribution in [1.82, 2.24) is 14.8 Å².